The molecule has 2 aromatic carbocycles. The van der Waals surface area contributed by atoms with Gasteiger partial charge < -0.3 is 10.4 Å². The van der Waals surface area contributed by atoms with Gasteiger partial charge in [-0.3, -0.25) is 0 Å². The molecule has 0 heterocycles. The summed E-state index contributed by atoms with van der Waals surface area (Å²) < 4.78 is 39.7. The molecule has 0 aromatic heterocycles. The fourth-order valence-corrected chi connectivity index (χ4v) is 2.06. The second-order valence-electron chi connectivity index (χ2n) is 4.87. The molecule has 0 amide bonds. The van der Waals surface area contributed by atoms with Crippen LogP contribution in [-0.2, 0) is 0 Å². The largest absolute Gasteiger partial charge is 0.387 e. The van der Waals surface area contributed by atoms with E-state index in [0.717, 1.165) is 18.2 Å². The van der Waals surface area contributed by atoms with E-state index in [0.29, 0.717) is 5.56 Å². The zero-order valence-electron chi connectivity index (χ0n) is 11.5. The highest BCUT2D eigenvalue weighted by molar-refractivity contribution is 5.22. The van der Waals surface area contributed by atoms with Crippen LogP contribution < -0.4 is 5.32 Å². The van der Waals surface area contributed by atoms with Gasteiger partial charge in [-0.15, -0.1) is 0 Å². The van der Waals surface area contributed by atoms with Crippen LogP contribution in [0, 0.1) is 17.5 Å². The molecule has 5 heteroatoms. The second-order valence-corrected chi connectivity index (χ2v) is 4.87. The molecule has 112 valence electrons. The van der Waals surface area contributed by atoms with Gasteiger partial charge in [0.15, 0.2) is 0 Å². The predicted molar refractivity (Wildman–Crippen MR) is 74.1 cm³/mol. The third kappa shape index (κ3) is 4.06. The smallest absolute Gasteiger partial charge is 0.129 e. The SMILES string of the molecule is CC(NCC(O)c1cc(F)ccc1F)c1cccc(F)c1. The number of hydrogen-bond acceptors (Lipinski definition) is 2. The quantitative estimate of drug-likeness (QED) is 0.885. The van der Waals surface area contributed by atoms with Gasteiger partial charge in [-0.1, -0.05) is 12.1 Å². The predicted octanol–water partition coefficient (Wildman–Crippen LogP) is 3.49. The summed E-state index contributed by atoms with van der Waals surface area (Å²) in [4.78, 5) is 0. The maximum absolute atomic E-state index is 13.5. The molecule has 0 aliphatic heterocycles. The first kappa shape index (κ1) is 15.5. The van der Waals surface area contributed by atoms with Gasteiger partial charge in [-0.25, -0.2) is 13.2 Å². The molecule has 2 unspecified atom stereocenters. The highest BCUT2D eigenvalue weighted by Crippen LogP contribution is 2.19. The number of benzene rings is 2. The van der Waals surface area contributed by atoms with E-state index in [4.69, 9.17) is 0 Å². The van der Waals surface area contributed by atoms with E-state index in [1.54, 1.807) is 19.1 Å². The summed E-state index contributed by atoms with van der Waals surface area (Å²) in [6.45, 7) is 1.82. The van der Waals surface area contributed by atoms with Crippen LogP contribution in [0.2, 0.25) is 0 Å². The Kier molecular flexibility index (Phi) is 4.98. The van der Waals surface area contributed by atoms with Gasteiger partial charge >= 0.3 is 0 Å². The minimum atomic E-state index is -1.18. The van der Waals surface area contributed by atoms with Crippen molar-refractivity contribution in [3.05, 3.63) is 71.0 Å². The first-order chi connectivity index (χ1) is 9.97. The van der Waals surface area contributed by atoms with Crippen molar-refractivity contribution in [2.45, 2.75) is 19.1 Å². The molecular formula is C16H16F3NO. The molecule has 0 saturated heterocycles. The van der Waals surface area contributed by atoms with E-state index in [9.17, 15) is 18.3 Å². The Morgan fingerprint density at radius 1 is 1.05 bits per heavy atom. The summed E-state index contributed by atoms with van der Waals surface area (Å²) in [6, 6.07) is 8.76. The Labute approximate surface area is 121 Å². The molecule has 0 aliphatic carbocycles. The van der Waals surface area contributed by atoms with Gasteiger partial charge in [0.1, 0.15) is 17.5 Å². The van der Waals surface area contributed by atoms with E-state index in [1.807, 2.05) is 0 Å². The molecule has 0 saturated carbocycles. The fraction of sp³-hybridized carbons (Fsp3) is 0.250. The number of nitrogens with one attached hydrogen (secondary N) is 1. The molecule has 0 aliphatic rings. The van der Waals surface area contributed by atoms with Crippen molar-refractivity contribution < 1.29 is 18.3 Å². The van der Waals surface area contributed by atoms with Crippen LogP contribution in [0.15, 0.2) is 42.5 Å². The zero-order valence-corrected chi connectivity index (χ0v) is 11.5. The average molecular weight is 295 g/mol. The van der Waals surface area contributed by atoms with Gasteiger partial charge in [-0.2, -0.15) is 0 Å². The van der Waals surface area contributed by atoms with Crippen molar-refractivity contribution in [3.8, 4) is 0 Å². The number of hydrogen-bond donors (Lipinski definition) is 2. The van der Waals surface area contributed by atoms with Gasteiger partial charge in [-0.05, 0) is 42.8 Å². The molecule has 2 rings (SSSR count). The Morgan fingerprint density at radius 3 is 2.48 bits per heavy atom. The minimum absolute atomic E-state index is 0.0258. The van der Waals surface area contributed by atoms with Gasteiger partial charge in [0, 0.05) is 18.2 Å². The molecule has 0 radical (unpaired) electrons. The van der Waals surface area contributed by atoms with Gasteiger partial charge in [0.05, 0.1) is 6.10 Å². The fourth-order valence-electron chi connectivity index (χ4n) is 2.06. The highest BCUT2D eigenvalue weighted by Gasteiger charge is 2.15. The lowest BCUT2D eigenvalue weighted by molar-refractivity contribution is 0.165. The number of rotatable bonds is 5. The Balaban J connectivity index is 2.00. The molecule has 0 bridgehead atoms. The van der Waals surface area contributed by atoms with Crippen LogP contribution in [0.5, 0.6) is 0 Å². The van der Waals surface area contributed by atoms with Crippen molar-refractivity contribution in [3.63, 3.8) is 0 Å². The lowest BCUT2D eigenvalue weighted by Gasteiger charge is -2.18. The van der Waals surface area contributed by atoms with Gasteiger partial charge in [0.25, 0.3) is 0 Å². The van der Waals surface area contributed by atoms with Gasteiger partial charge in [0.2, 0.25) is 0 Å². The summed E-state index contributed by atoms with van der Waals surface area (Å²) >= 11 is 0. The summed E-state index contributed by atoms with van der Waals surface area (Å²) in [5.74, 6) is -1.62. The maximum atomic E-state index is 13.5. The third-order valence-corrected chi connectivity index (χ3v) is 3.28. The Hall–Kier alpha value is -1.85. The first-order valence-electron chi connectivity index (χ1n) is 6.59. The maximum Gasteiger partial charge on any atom is 0.129 e. The molecule has 2 atom stereocenters. The summed E-state index contributed by atoms with van der Waals surface area (Å²) in [5.41, 5.74) is 0.607. The van der Waals surface area contributed by atoms with Crippen LogP contribution in [0.25, 0.3) is 0 Å². The van der Waals surface area contributed by atoms with Crippen LogP contribution in [0.4, 0.5) is 13.2 Å². The summed E-state index contributed by atoms with van der Waals surface area (Å²) in [5, 5.41) is 12.9. The number of aliphatic hydroxyl groups excluding tert-OH is 1. The summed E-state index contributed by atoms with van der Waals surface area (Å²) in [6.07, 6.45) is -1.18. The molecule has 2 N–H and O–H groups in total. The Bertz CT molecular complexity index is 618. The topological polar surface area (TPSA) is 32.3 Å². The van der Waals surface area contributed by atoms with E-state index < -0.39 is 17.7 Å². The van der Waals surface area contributed by atoms with E-state index in [2.05, 4.69) is 5.32 Å². The number of halogens is 3. The van der Waals surface area contributed by atoms with E-state index in [1.165, 1.54) is 12.1 Å². The second kappa shape index (κ2) is 6.74. The van der Waals surface area contributed by atoms with Crippen molar-refractivity contribution in [1.29, 1.82) is 0 Å². The lowest BCUT2D eigenvalue weighted by Crippen LogP contribution is -2.25. The lowest BCUT2D eigenvalue weighted by atomic mass is 10.1. The molecule has 2 aromatic rings. The van der Waals surface area contributed by atoms with E-state index in [-0.39, 0.29) is 24.0 Å². The van der Waals surface area contributed by atoms with E-state index >= 15 is 0 Å². The average Bonchev–Trinajstić information content (AvgIpc) is 2.47. The van der Waals surface area contributed by atoms with Crippen LogP contribution in [-0.4, -0.2) is 11.7 Å². The normalized spacial score (nSPS) is 14.0. The van der Waals surface area contributed by atoms with Crippen molar-refractivity contribution in [2.75, 3.05) is 6.54 Å². The highest BCUT2D eigenvalue weighted by atomic mass is 19.1. The van der Waals surface area contributed by atoms with Crippen LogP contribution in [0.1, 0.15) is 30.2 Å². The molecule has 0 spiro atoms. The monoisotopic (exact) mass is 295 g/mol. The molecular weight excluding hydrogens is 279 g/mol. The van der Waals surface area contributed by atoms with Crippen molar-refractivity contribution in [1.82, 2.24) is 5.32 Å². The zero-order chi connectivity index (χ0) is 15.4. The Morgan fingerprint density at radius 2 is 1.76 bits per heavy atom. The standard InChI is InChI=1S/C16H16F3NO/c1-10(11-3-2-4-12(17)7-11)20-9-16(21)14-8-13(18)5-6-15(14)19/h2-8,10,16,20-21H,9H2,1H3. The summed E-state index contributed by atoms with van der Waals surface area (Å²) in [7, 11) is 0. The minimum Gasteiger partial charge on any atom is -0.387 e. The van der Waals surface area contributed by atoms with Crippen LogP contribution >= 0.6 is 0 Å². The first-order valence-corrected chi connectivity index (χ1v) is 6.59. The molecule has 2 nitrogen and oxygen atoms in total. The molecule has 0 fully saturated rings. The van der Waals surface area contributed by atoms with Crippen molar-refractivity contribution in [2.24, 2.45) is 0 Å². The molecule has 21 heavy (non-hydrogen) atoms. The number of aliphatic hydroxyl groups is 1. The van der Waals surface area contributed by atoms with Crippen LogP contribution in [0.3, 0.4) is 0 Å². The third-order valence-electron chi connectivity index (χ3n) is 3.28. The van der Waals surface area contributed by atoms with Crippen molar-refractivity contribution >= 4 is 0 Å².